The summed E-state index contributed by atoms with van der Waals surface area (Å²) in [5, 5.41) is 0.729. The number of hydrogen-bond donors (Lipinski definition) is 0. The van der Waals surface area contributed by atoms with Crippen LogP contribution in [0.5, 0.6) is 5.75 Å². The summed E-state index contributed by atoms with van der Waals surface area (Å²) in [5.74, 6) is 0.158. The molecule has 0 aliphatic carbocycles. The van der Waals surface area contributed by atoms with Crippen LogP contribution in [0, 0.1) is 0 Å². The van der Waals surface area contributed by atoms with E-state index in [1.54, 1.807) is 42.6 Å². The first-order valence-electron chi connectivity index (χ1n) is 9.02. The van der Waals surface area contributed by atoms with Gasteiger partial charge < -0.3 is 8.92 Å². The fourth-order valence-electron chi connectivity index (χ4n) is 2.93. The monoisotopic (exact) mass is 450 g/mol. The lowest BCUT2D eigenvalue weighted by Gasteiger charge is -2.22. The van der Waals surface area contributed by atoms with Gasteiger partial charge in [0.1, 0.15) is 10.6 Å². The van der Waals surface area contributed by atoms with Gasteiger partial charge in [0.2, 0.25) is 10.0 Å². The first-order valence-corrected chi connectivity index (χ1v) is 12.3. The van der Waals surface area contributed by atoms with Crippen LogP contribution in [0.3, 0.4) is 0 Å². The molecule has 0 radical (unpaired) electrons. The Balaban J connectivity index is 1.93. The molecule has 30 heavy (non-hydrogen) atoms. The van der Waals surface area contributed by atoms with Crippen LogP contribution in [0.15, 0.2) is 65.7 Å². The van der Waals surface area contributed by atoms with Crippen molar-refractivity contribution in [1.29, 1.82) is 0 Å². The first-order chi connectivity index (χ1) is 14.2. The van der Waals surface area contributed by atoms with Crippen molar-refractivity contribution in [3.05, 3.63) is 66.4 Å². The third-order valence-corrected chi connectivity index (χ3v) is 6.66. The summed E-state index contributed by atoms with van der Waals surface area (Å²) in [6.45, 7) is 0.435. The molecule has 1 heterocycles. The van der Waals surface area contributed by atoms with Crippen LogP contribution in [0.2, 0.25) is 0 Å². The van der Waals surface area contributed by atoms with E-state index in [0.717, 1.165) is 11.6 Å². The van der Waals surface area contributed by atoms with Gasteiger partial charge in [-0.1, -0.05) is 30.3 Å². The standard InChI is InChI=1S/C20H22N2O6S2/c1-27-14-13-22(15-16-8-10-18(11-9-16)28-29(2,23)24)30(25,26)19-7-3-5-17-6-4-12-21-20(17)19/h3-12H,13-15H2,1-2H3. The number of fused-ring (bicyclic) bond motifs is 1. The van der Waals surface area contributed by atoms with Gasteiger partial charge in [0.25, 0.3) is 0 Å². The van der Waals surface area contributed by atoms with E-state index in [9.17, 15) is 16.8 Å². The highest BCUT2D eigenvalue weighted by molar-refractivity contribution is 7.89. The molecular weight excluding hydrogens is 428 g/mol. The van der Waals surface area contributed by atoms with Gasteiger partial charge in [-0.15, -0.1) is 0 Å². The van der Waals surface area contributed by atoms with Crippen molar-refractivity contribution >= 4 is 31.0 Å². The molecule has 0 spiro atoms. The molecule has 2 aromatic carbocycles. The van der Waals surface area contributed by atoms with Crippen molar-refractivity contribution in [3.8, 4) is 5.75 Å². The van der Waals surface area contributed by atoms with Gasteiger partial charge in [-0.2, -0.15) is 12.7 Å². The van der Waals surface area contributed by atoms with Gasteiger partial charge >= 0.3 is 10.1 Å². The van der Waals surface area contributed by atoms with Crippen molar-refractivity contribution in [2.45, 2.75) is 11.4 Å². The summed E-state index contributed by atoms with van der Waals surface area (Å²) in [6.07, 6.45) is 2.51. The lowest BCUT2D eigenvalue weighted by Crippen LogP contribution is -2.33. The van der Waals surface area contributed by atoms with Gasteiger partial charge in [0.05, 0.1) is 18.4 Å². The molecule has 0 aliphatic rings. The van der Waals surface area contributed by atoms with E-state index in [0.29, 0.717) is 11.1 Å². The average Bonchev–Trinajstić information content (AvgIpc) is 2.70. The molecule has 160 valence electrons. The lowest BCUT2D eigenvalue weighted by atomic mass is 10.2. The van der Waals surface area contributed by atoms with Crippen LogP contribution < -0.4 is 4.18 Å². The van der Waals surface area contributed by atoms with Crippen molar-refractivity contribution in [3.63, 3.8) is 0 Å². The number of pyridine rings is 1. The fourth-order valence-corrected chi connectivity index (χ4v) is 4.97. The van der Waals surface area contributed by atoms with Gasteiger partial charge in [0.15, 0.2) is 0 Å². The summed E-state index contributed by atoms with van der Waals surface area (Å²) >= 11 is 0. The number of sulfonamides is 1. The summed E-state index contributed by atoms with van der Waals surface area (Å²) in [4.78, 5) is 4.37. The molecule has 0 amide bonds. The number of hydrogen-bond acceptors (Lipinski definition) is 7. The van der Waals surface area contributed by atoms with Crippen molar-refractivity contribution in [2.24, 2.45) is 0 Å². The molecular formula is C20H22N2O6S2. The van der Waals surface area contributed by atoms with E-state index in [2.05, 4.69) is 4.98 Å². The maximum Gasteiger partial charge on any atom is 0.306 e. The highest BCUT2D eigenvalue weighted by atomic mass is 32.2. The van der Waals surface area contributed by atoms with Crippen LogP contribution in [-0.4, -0.2) is 52.6 Å². The molecule has 0 saturated heterocycles. The van der Waals surface area contributed by atoms with E-state index < -0.39 is 20.1 Å². The molecule has 0 bridgehead atoms. The van der Waals surface area contributed by atoms with Crippen LogP contribution in [0.25, 0.3) is 10.9 Å². The fraction of sp³-hybridized carbons (Fsp3) is 0.250. The molecule has 0 aliphatic heterocycles. The number of rotatable bonds is 9. The second-order valence-corrected chi connectivity index (χ2v) is 10.1. The summed E-state index contributed by atoms with van der Waals surface area (Å²) < 4.78 is 60.6. The molecule has 3 aromatic rings. The molecule has 0 fully saturated rings. The zero-order chi connectivity index (χ0) is 21.8. The third kappa shape index (κ3) is 5.33. The maximum atomic E-state index is 13.4. The summed E-state index contributed by atoms with van der Waals surface area (Å²) in [7, 11) is -6.01. The number of aromatic nitrogens is 1. The van der Waals surface area contributed by atoms with Gasteiger partial charge in [-0.25, -0.2) is 8.42 Å². The number of benzene rings is 2. The van der Waals surface area contributed by atoms with E-state index in [4.69, 9.17) is 8.92 Å². The van der Waals surface area contributed by atoms with Gasteiger partial charge in [-0.05, 0) is 29.8 Å². The van der Waals surface area contributed by atoms with Gasteiger partial charge in [0, 0.05) is 31.8 Å². The number of nitrogens with zero attached hydrogens (tertiary/aromatic N) is 2. The zero-order valence-corrected chi connectivity index (χ0v) is 18.2. The SMILES string of the molecule is COCCN(Cc1ccc(OS(C)(=O)=O)cc1)S(=O)(=O)c1cccc2cccnc12. The Labute approximate surface area is 176 Å². The molecule has 1 aromatic heterocycles. The minimum absolute atomic E-state index is 0.0774. The summed E-state index contributed by atoms with van der Waals surface area (Å²) in [6, 6.07) is 14.8. The van der Waals surface area contributed by atoms with Crippen molar-refractivity contribution < 1.29 is 25.8 Å². The van der Waals surface area contributed by atoms with E-state index >= 15 is 0 Å². The second-order valence-electron chi connectivity index (χ2n) is 6.59. The average molecular weight is 451 g/mol. The largest absolute Gasteiger partial charge is 0.383 e. The third-order valence-electron chi connectivity index (χ3n) is 4.29. The Morgan fingerprint density at radius 2 is 1.67 bits per heavy atom. The van der Waals surface area contributed by atoms with E-state index in [1.165, 1.54) is 29.6 Å². The van der Waals surface area contributed by atoms with E-state index in [1.807, 2.05) is 0 Å². The summed E-state index contributed by atoms with van der Waals surface area (Å²) in [5.41, 5.74) is 1.07. The Kier molecular flexibility index (Phi) is 6.71. The second kappa shape index (κ2) is 9.09. The molecule has 10 heteroatoms. The van der Waals surface area contributed by atoms with Crippen LogP contribution in [-0.2, 0) is 31.4 Å². The minimum Gasteiger partial charge on any atom is -0.383 e. The van der Waals surface area contributed by atoms with Crippen LogP contribution in [0.4, 0.5) is 0 Å². The number of ether oxygens (including phenoxy) is 1. The predicted octanol–water partition coefficient (Wildman–Crippen LogP) is 2.41. The smallest absolute Gasteiger partial charge is 0.306 e. The molecule has 0 N–H and O–H groups in total. The first kappa shape index (κ1) is 22.2. The van der Waals surface area contributed by atoms with Crippen molar-refractivity contribution in [1.82, 2.24) is 9.29 Å². The van der Waals surface area contributed by atoms with Crippen LogP contribution in [0.1, 0.15) is 5.56 Å². The maximum absolute atomic E-state index is 13.4. The Morgan fingerprint density at radius 1 is 0.967 bits per heavy atom. The predicted molar refractivity (Wildman–Crippen MR) is 113 cm³/mol. The number of para-hydroxylation sites is 1. The highest BCUT2D eigenvalue weighted by Gasteiger charge is 2.27. The Morgan fingerprint density at radius 3 is 2.33 bits per heavy atom. The van der Waals surface area contributed by atoms with Gasteiger partial charge in [-0.3, -0.25) is 4.98 Å². The normalized spacial score (nSPS) is 12.4. The topological polar surface area (TPSA) is 103 Å². The number of methoxy groups -OCH3 is 1. The Hall–Kier alpha value is -2.53. The molecule has 0 atom stereocenters. The van der Waals surface area contributed by atoms with E-state index in [-0.39, 0.29) is 30.3 Å². The quantitative estimate of drug-likeness (QED) is 0.461. The molecule has 0 unspecified atom stereocenters. The lowest BCUT2D eigenvalue weighted by molar-refractivity contribution is 0.177. The highest BCUT2D eigenvalue weighted by Crippen LogP contribution is 2.25. The molecule has 3 rings (SSSR count). The Bertz CT molecular complexity index is 1220. The van der Waals surface area contributed by atoms with Crippen molar-refractivity contribution in [2.75, 3.05) is 26.5 Å². The zero-order valence-electron chi connectivity index (χ0n) is 16.6. The molecule has 0 saturated carbocycles. The molecule has 8 nitrogen and oxygen atoms in total. The van der Waals surface area contributed by atoms with Crippen LogP contribution >= 0.6 is 0 Å². The minimum atomic E-state index is -3.87.